The molecule has 0 spiro atoms. The van der Waals surface area contributed by atoms with Crippen LogP contribution in [0.1, 0.15) is 0 Å². The molecule has 2 atom stereocenters. The molecule has 0 aliphatic heterocycles. The third kappa shape index (κ3) is 3.17. The van der Waals surface area contributed by atoms with Crippen molar-refractivity contribution in [3.05, 3.63) is 0 Å². The summed E-state index contributed by atoms with van der Waals surface area (Å²) < 4.78 is 146. The van der Waals surface area contributed by atoms with Gasteiger partial charge < -0.3 is 0 Å². The second-order valence-electron chi connectivity index (χ2n) is 3.16. The Morgan fingerprint density at radius 3 is 1.33 bits per heavy atom. The van der Waals surface area contributed by atoms with Crippen LogP contribution in [0.15, 0.2) is 0 Å². The van der Waals surface area contributed by atoms with Gasteiger partial charge in [-0.3, -0.25) is 9.53 Å². The number of ether oxygens (including phenoxy) is 1. The Labute approximate surface area is 105 Å². The topological polar surface area (TPSA) is 35.5 Å². The highest BCUT2D eigenvalue weighted by Gasteiger charge is 2.81. The van der Waals surface area contributed by atoms with Crippen LogP contribution < -0.4 is 0 Å². The normalized spacial score (nSPS) is 19.8. The van der Waals surface area contributed by atoms with Crippen LogP contribution >= 0.6 is 0 Å². The van der Waals surface area contributed by atoms with Crippen molar-refractivity contribution in [2.45, 2.75) is 30.2 Å². The van der Waals surface area contributed by atoms with Gasteiger partial charge in [-0.25, -0.2) is 0 Å². The average molecular weight is 348 g/mol. The van der Waals surface area contributed by atoms with E-state index in [-0.39, 0.29) is 0 Å². The fourth-order valence-corrected chi connectivity index (χ4v) is 0.705. The zero-order valence-corrected chi connectivity index (χ0v) is 8.76. The molecule has 21 heavy (non-hydrogen) atoms. The van der Waals surface area contributed by atoms with Gasteiger partial charge in [-0.2, -0.15) is 48.3 Å². The van der Waals surface area contributed by atoms with Gasteiger partial charge in [-0.05, 0) is 4.53 Å². The molecule has 0 radical (unpaired) electrons. The summed E-state index contributed by atoms with van der Waals surface area (Å²) in [5, 5.41) is 0. The van der Waals surface area contributed by atoms with Gasteiger partial charge >= 0.3 is 36.2 Å². The van der Waals surface area contributed by atoms with Crippen molar-refractivity contribution in [1.82, 2.24) is 0 Å². The van der Waals surface area contributed by atoms with Gasteiger partial charge in [0.2, 0.25) is 0 Å². The molecular weight excluding hydrogens is 348 g/mol. The van der Waals surface area contributed by atoms with Gasteiger partial charge in [-0.1, -0.05) is 0 Å². The molecule has 0 heterocycles. The highest BCUT2D eigenvalue weighted by Crippen LogP contribution is 2.51. The molecule has 0 fully saturated rings. The highest BCUT2D eigenvalue weighted by molar-refractivity contribution is 5.77. The summed E-state index contributed by atoms with van der Waals surface area (Å²) in [7, 11) is 0. The van der Waals surface area contributed by atoms with Crippen molar-refractivity contribution in [3.63, 3.8) is 0 Å². The monoisotopic (exact) mass is 348 g/mol. The van der Waals surface area contributed by atoms with Crippen molar-refractivity contribution >= 4 is 6.04 Å². The van der Waals surface area contributed by atoms with Crippen LogP contribution in [0.4, 0.5) is 52.8 Å². The van der Waals surface area contributed by atoms with Crippen molar-refractivity contribution in [3.8, 4) is 0 Å². The third-order valence-electron chi connectivity index (χ3n) is 1.73. The quantitative estimate of drug-likeness (QED) is 0.564. The third-order valence-corrected chi connectivity index (χ3v) is 1.73. The van der Waals surface area contributed by atoms with Crippen LogP contribution in [0.25, 0.3) is 0 Å². The van der Waals surface area contributed by atoms with E-state index in [0.29, 0.717) is 0 Å². The minimum Gasteiger partial charge on any atom is -0.261 e. The number of hydrogen-bond donors (Lipinski definition) is 0. The van der Waals surface area contributed by atoms with Crippen molar-refractivity contribution in [1.29, 1.82) is 0 Å². The number of carbonyl (C=O) groups is 1. The van der Waals surface area contributed by atoms with E-state index in [9.17, 15) is 57.6 Å². The van der Waals surface area contributed by atoms with Gasteiger partial charge in [0.05, 0.1) is 0 Å². The molecule has 0 bridgehead atoms. The molecule has 2 unspecified atom stereocenters. The standard InChI is InChI=1S/C6F12O3/c7-1(19)2(8,4(10,11)12)20-6(16,17)3(9,21-18)5(13,14)15. The summed E-state index contributed by atoms with van der Waals surface area (Å²) in [6.07, 6.45) is -21.2. The Bertz CT molecular complexity index is 401. The Balaban J connectivity index is 5.89. The Morgan fingerprint density at radius 2 is 1.14 bits per heavy atom. The molecule has 126 valence electrons. The zero-order valence-electron chi connectivity index (χ0n) is 8.76. The van der Waals surface area contributed by atoms with Gasteiger partial charge in [0.25, 0.3) is 0 Å². The first-order valence-corrected chi connectivity index (χ1v) is 4.05. The largest absolute Gasteiger partial charge is 0.461 e. The highest BCUT2D eigenvalue weighted by atomic mass is 19.4. The van der Waals surface area contributed by atoms with Crippen LogP contribution in [0, 0.1) is 0 Å². The maximum absolute atomic E-state index is 12.7. The lowest BCUT2D eigenvalue weighted by Crippen LogP contribution is -2.63. The van der Waals surface area contributed by atoms with Crippen molar-refractivity contribution < 1.29 is 67.3 Å². The van der Waals surface area contributed by atoms with Gasteiger partial charge in [-0.15, -0.1) is 4.94 Å². The molecule has 0 aromatic carbocycles. The molecule has 0 saturated heterocycles. The zero-order chi connectivity index (χ0) is 17.5. The molecular formula is C6F12O3. The fourth-order valence-electron chi connectivity index (χ4n) is 0.705. The van der Waals surface area contributed by atoms with Crippen LogP contribution in [0.3, 0.4) is 0 Å². The second kappa shape index (κ2) is 5.19. The number of halogens is 12. The minimum absolute atomic E-state index is 1.17. The predicted octanol–water partition coefficient (Wildman–Crippen LogP) is 3.45. The summed E-state index contributed by atoms with van der Waals surface area (Å²) >= 11 is 0. The maximum Gasteiger partial charge on any atom is 0.461 e. The fraction of sp³-hybridized carbons (Fsp3) is 0.833. The number of carbonyl (C=O) groups excluding carboxylic acids is 1. The van der Waals surface area contributed by atoms with Crippen LogP contribution in [0.5, 0.6) is 0 Å². The van der Waals surface area contributed by atoms with Crippen molar-refractivity contribution in [2.75, 3.05) is 0 Å². The van der Waals surface area contributed by atoms with E-state index in [1.165, 1.54) is 4.94 Å². The number of hydrogen-bond acceptors (Lipinski definition) is 3. The van der Waals surface area contributed by atoms with E-state index in [0.717, 1.165) is 0 Å². The summed E-state index contributed by atoms with van der Waals surface area (Å²) in [5.41, 5.74) is 0. The molecule has 0 saturated carbocycles. The van der Waals surface area contributed by atoms with Crippen LogP contribution in [0.2, 0.25) is 0 Å². The molecule has 15 heteroatoms. The Kier molecular flexibility index (Phi) is 4.88. The van der Waals surface area contributed by atoms with E-state index in [2.05, 4.69) is 0 Å². The number of alkyl halides is 10. The SMILES string of the molecule is O=C(F)C(F)(OC(F)(F)C(F)(OF)C(F)(F)F)C(F)(F)F. The number of rotatable bonds is 5. The van der Waals surface area contributed by atoms with Crippen LogP contribution in [-0.2, 0) is 14.5 Å². The second-order valence-corrected chi connectivity index (χ2v) is 3.16. The summed E-state index contributed by atoms with van der Waals surface area (Å²) in [6.45, 7) is 0. The smallest absolute Gasteiger partial charge is 0.261 e. The van der Waals surface area contributed by atoms with E-state index in [1.54, 1.807) is 4.74 Å². The Hall–Kier alpha value is -1.25. The van der Waals surface area contributed by atoms with E-state index >= 15 is 0 Å². The van der Waals surface area contributed by atoms with Crippen LogP contribution in [-0.4, -0.2) is 36.2 Å². The molecule has 0 amide bonds. The predicted molar refractivity (Wildman–Crippen MR) is 34.1 cm³/mol. The Morgan fingerprint density at radius 1 is 0.762 bits per heavy atom. The lowest BCUT2D eigenvalue weighted by atomic mass is 10.2. The lowest BCUT2D eigenvalue weighted by Gasteiger charge is -2.34. The molecule has 0 aromatic rings. The maximum atomic E-state index is 12.7. The molecule has 0 aromatic heterocycles. The molecule has 0 rings (SSSR count). The summed E-state index contributed by atoms with van der Waals surface area (Å²) in [6, 6.07) is -4.39. The summed E-state index contributed by atoms with van der Waals surface area (Å²) in [5.74, 6) is -13.6. The van der Waals surface area contributed by atoms with Gasteiger partial charge in [0.15, 0.2) is 0 Å². The molecule has 0 N–H and O–H groups in total. The molecule has 0 aliphatic carbocycles. The molecule has 3 nitrogen and oxygen atoms in total. The first-order chi connectivity index (χ1) is 8.96. The average Bonchev–Trinajstić information content (AvgIpc) is 2.23. The first-order valence-electron chi connectivity index (χ1n) is 4.05. The first kappa shape index (κ1) is 19.8. The van der Waals surface area contributed by atoms with Gasteiger partial charge in [0, 0.05) is 0 Å². The summed E-state index contributed by atoms with van der Waals surface area (Å²) in [4.78, 5) is 10.9. The van der Waals surface area contributed by atoms with Gasteiger partial charge in [0.1, 0.15) is 0 Å². The van der Waals surface area contributed by atoms with Crippen molar-refractivity contribution in [2.24, 2.45) is 0 Å². The van der Waals surface area contributed by atoms with E-state index in [1.807, 2.05) is 0 Å². The van der Waals surface area contributed by atoms with E-state index < -0.39 is 36.2 Å². The minimum atomic E-state index is -7.13. The molecule has 0 aliphatic rings. The van der Waals surface area contributed by atoms with E-state index in [4.69, 9.17) is 0 Å². The lowest BCUT2D eigenvalue weighted by molar-refractivity contribution is -0.526.